The lowest BCUT2D eigenvalue weighted by atomic mass is 10.1. The number of nitro groups is 1. The van der Waals surface area contributed by atoms with Crippen LogP contribution >= 0.6 is 0 Å². The van der Waals surface area contributed by atoms with E-state index in [1.165, 1.54) is 24.5 Å². The summed E-state index contributed by atoms with van der Waals surface area (Å²) < 4.78 is 5.00. The van der Waals surface area contributed by atoms with Gasteiger partial charge in [-0.1, -0.05) is 12.1 Å². The van der Waals surface area contributed by atoms with Gasteiger partial charge in [0.2, 0.25) is 5.91 Å². The predicted molar refractivity (Wildman–Crippen MR) is 78.8 cm³/mol. The summed E-state index contributed by atoms with van der Waals surface area (Å²) >= 11 is 0. The fraction of sp³-hybridized carbons (Fsp3) is 0.133. The van der Waals surface area contributed by atoms with Gasteiger partial charge in [-0.3, -0.25) is 14.9 Å². The summed E-state index contributed by atoms with van der Waals surface area (Å²) in [5, 5.41) is 23.1. The van der Waals surface area contributed by atoms with E-state index < -0.39 is 16.9 Å². The first-order valence-electron chi connectivity index (χ1n) is 6.48. The molecule has 0 spiro atoms. The molecule has 2 rings (SSSR count). The third-order valence-electron chi connectivity index (χ3n) is 2.89. The second-order valence-electron chi connectivity index (χ2n) is 4.43. The van der Waals surface area contributed by atoms with Crippen molar-refractivity contribution in [2.75, 3.05) is 6.54 Å². The molecule has 0 aliphatic carbocycles. The van der Waals surface area contributed by atoms with Crippen molar-refractivity contribution in [3.8, 4) is 0 Å². The molecule has 0 saturated carbocycles. The van der Waals surface area contributed by atoms with Crippen molar-refractivity contribution >= 4 is 17.7 Å². The number of amides is 1. The average Bonchev–Trinajstić information content (AvgIpc) is 3.05. The van der Waals surface area contributed by atoms with Crippen molar-refractivity contribution in [1.82, 2.24) is 5.32 Å². The van der Waals surface area contributed by atoms with Crippen LogP contribution < -0.4 is 5.32 Å². The largest absolute Gasteiger partial charge is 0.467 e. The van der Waals surface area contributed by atoms with Gasteiger partial charge in [-0.2, -0.15) is 0 Å². The topological polar surface area (TPSA) is 106 Å². The number of nitro benzene ring substituents is 1. The number of carbonyl (C=O) groups is 1. The van der Waals surface area contributed by atoms with Crippen molar-refractivity contribution < 1.29 is 19.2 Å². The molecular formula is C15H14N2O5. The van der Waals surface area contributed by atoms with Gasteiger partial charge in [0.1, 0.15) is 11.9 Å². The molecule has 0 radical (unpaired) electrons. The van der Waals surface area contributed by atoms with Gasteiger partial charge in [0, 0.05) is 12.1 Å². The second-order valence-corrected chi connectivity index (χ2v) is 4.43. The first kappa shape index (κ1) is 15.5. The van der Waals surface area contributed by atoms with Crippen molar-refractivity contribution in [2.24, 2.45) is 0 Å². The molecule has 7 heteroatoms. The molecule has 2 N–H and O–H groups in total. The summed E-state index contributed by atoms with van der Waals surface area (Å²) in [7, 11) is 0. The Bertz CT molecular complexity index is 679. The van der Waals surface area contributed by atoms with E-state index in [0.717, 1.165) is 0 Å². The van der Waals surface area contributed by atoms with Gasteiger partial charge in [0.05, 0.1) is 23.3 Å². The maximum absolute atomic E-state index is 11.7. The van der Waals surface area contributed by atoms with E-state index in [0.29, 0.717) is 11.3 Å². The Morgan fingerprint density at radius 3 is 2.82 bits per heavy atom. The molecule has 22 heavy (non-hydrogen) atoms. The van der Waals surface area contributed by atoms with E-state index in [1.54, 1.807) is 30.3 Å². The molecule has 0 bridgehead atoms. The smallest absolute Gasteiger partial charge is 0.276 e. The molecule has 0 fully saturated rings. The highest BCUT2D eigenvalue weighted by Crippen LogP contribution is 2.18. The van der Waals surface area contributed by atoms with E-state index in [4.69, 9.17) is 4.42 Å². The van der Waals surface area contributed by atoms with Crippen LogP contribution in [0.15, 0.2) is 53.2 Å². The Labute approximate surface area is 126 Å². The summed E-state index contributed by atoms with van der Waals surface area (Å²) in [6, 6.07) is 9.33. The molecule has 0 aliphatic rings. The van der Waals surface area contributed by atoms with Crippen LogP contribution in [-0.4, -0.2) is 22.5 Å². The lowest BCUT2D eigenvalue weighted by molar-refractivity contribution is -0.385. The summed E-state index contributed by atoms with van der Waals surface area (Å²) in [5.74, 6) is -0.119. The van der Waals surface area contributed by atoms with E-state index in [2.05, 4.69) is 5.32 Å². The Kier molecular flexibility index (Phi) is 5.05. The molecule has 1 heterocycles. The number of nitrogens with zero attached hydrogens (tertiary/aromatic N) is 1. The van der Waals surface area contributed by atoms with Crippen LogP contribution in [0.1, 0.15) is 17.4 Å². The standard InChI is InChI=1S/C15H14N2O5/c18-13(14-6-3-9-22-14)10-16-15(19)8-7-11-4-1-2-5-12(11)17(20)21/h1-9,13,18H,10H2,(H,16,19)/b8-7+. The number of furan rings is 1. The van der Waals surface area contributed by atoms with E-state index >= 15 is 0 Å². The summed E-state index contributed by atoms with van der Waals surface area (Å²) in [6.07, 6.45) is 3.01. The summed E-state index contributed by atoms with van der Waals surface area (Å²) in [5.41, 5.74) is 0.247. The van der Waals surface area contributed by atoms with Gasteiger partial charge in [0.25, 0.3) is 5.69 Å². The second kappa shape index (κ2) is 7.19. The fourth-order valence-corrected chi connectivity index (χ4v) is 1.80. The molecule has 1 amide bonds. The fourth-order valence-electron chi connectivity index (χ4n) is 1.80. The number of rotatable bonds is 6. The maximum atomic E-state index is 11.7. The zero-order chi connectivity index (χ0) is 15.9. The molecular weight excluding hydrogens is 288 g/mol. The van der Waals surface area contributed by atoms with Crippen molar-refractivity contribution in [1.29, 1.82) is 0 Å². The molecule has 1 atom stereocenters. The van der Waals surface area contributed by atoms with Crippen LogP contribution in [-0.2, 0) is 4.79 Å². The monoisotopic (exact) mass is 302 g/mol. The first-order chi connectivity index (χ1) is 10.6. The van der Waals surface area contributed by atoms with Crippen LogP contribution in [0.25, 0.3) is 6.08 Å². The molecule has 1 aromatic carbocycles. The molecule has 1 unspecified atom stereocenters. The van der Waals surface area contributed by atoms with Crippen LogP contribution in [0.4, 0.5) is 5.69 Å². The molecule has 0 aliphatic heterocycles. The summed E-state index contributed by atoms with van der Waals surface area (Å²) in [6.45, 7) is -0.0203. The molecule has 7 nitrogen and oxygen atoms in total. The lowest BCUT2D eigenvalue weighted by Crippen LogP contribution is -2.26. The SMILES string of the molecule is O=C(/C=C/c1ccccc1[N+](=O)[O-])NCC(O)c1ccco1. The third kappa shape index (κ3) is 4.03. The number of carbonyl (C=O) groups excluding carboxylic acids is 1. The van der Waals surface area contributed by atoms with Crippen LogP contribution in [0.2, 0.25) is 0 Å². The number of aliphatic hydroxyl groups is 1. The number of hydrogen-bond acceptors (Lipinski definition) is 5. The molecule has 1 aromatic heterocycles. The van der Waals surface area contributed by atoms with Gasteiger partial charge in [0.15, 0.2) is 0 Å². The van der Waals surface area contributed by atoms with Crippen LogP contribution in [0.5, 0.6) is 0 Å². The highest BCUT2D eigenvalue weighted by molar-refractivity contribution is 5.92. The van der Waals surface area contributed by atoms with Crippen molar-refractivity contribution in [3.05, 3.63) is 70.2 Å². The highest BCUT2D eigenvalue weighted by Gasteiger charge is 2.12. The van der Waals surface area contributed by atoms with E-state index in [-0.39, 0.29) is 12.2 Å². The van der Waals surface area contributed by atoms with Gasteiger partial charge in [-0.05, 0) is 24.3 Å². The Hall–Kier alpha value is -2.93. The zero-order valence-electron chi connectivity index (χ0n) is 11.5. The zero-order valence-corrected chi connectivity index (χ0v) is 11.5. The number of benzene rings is 1. The van der Waals surface area contributed by atoms with Gasteiger partial charge >= 0.3 is 0 Å². The van der Waals surface area contributed by atoms with Gasteiger partial charge in [-0.15, -0.1) is 0 Å². The molecule has 2 aromatic rings. The highest BCUT2D eigenvalue weighted by atomic mass is 16.6. The summed E-state index contributed by atoms with van der Waals surface area (Å²) in [4.78, 5) is 22.0. The van der Waals surface area contributed by atoms with Crippen molar-refractivity contribution in [2.45, 2.75) is 6.10 Å². The van der Waals surface area contributed by atoms with E-state index in [1.807, 2.05) is 0 Å². The van der Waals surface area contributed by atoms with Crippen molar-refractivity contribution in [3.63, 3.8) is 0 Å². The number of aliphatic hydroxyl groups excluding tert-OH is 1. The maximum Gasteiger partial charge on any atom is 0.276 e. The van der Waals surface area contributed by atoms with Crippen LogP contribution in [0.3, 0.4) is 0 Å². The number of hydrogen-bond donors (Lipinski definition) is 2. The minimum atomic E-state index is -0.946. The number of para-hydroxylation sites is 1. The molecule has 114 valence electrons. The average molecular weight is 302 g/mol. The Morgan fingerprint density at radius 2 is 2.14 bits per heavy atom. The Balaban J connectivity index is 1.93. The normalized spacial score (nSPS) is 12.2. The van der Waals surface area contributed by atoms with Crippen LogP contribution in [0, 0.1) is 10.1 Å². The first-order valence-corrected chi connectivity index (χ1v) is 6.48. The number of nitrogens with one attached hydrogen (secondary N) is 1. The van der Waals surface area contributed by atoms with E-state index in [9.17, 15) is 20.0 Å². The lowest BCUT2D eigenvalue weighted by Gasteiger charge is -2.07. The Morgan fingerprint density at radius 1 is 1.36 bits per heavy atom. The van der Waals surface area contributed by atoms with Gasteiger partial charge < -0.3 is 14.8 Å². The predicted octanol–water partition coefficient (Wildman–Crippen LogP) is 2.05. The third-order valence-corrected chi connectivity index (χ3v) is 2.89. The van der Waals surface area contributed by atoms with Gasteiger partial charge in [-0.25, -0.2) is 0 Å². The molecule has 0 saturated heterocycles. The quantitative estimate of drug-likeness (QED) is 0.482. The minimum absolute atomic E-state index is 0.0203. The minimum Gasteiger partial charge on any atom is -0.467 e.